The number of nitrogens with one attached hydrogen (secondary N) is 2. The van der Waals surface area contributed by atoms with Crippen molar-refractivity contribution in [3.63, 3.8) is 0 Å². The number of hydrogen-bond acceptors (Lipinski definition) is 4. The van der Waals surface area contributed by atoms with Gasteiger partial charge in [-0.2, -0.15) is 0 Å². The second kappa shape index (κ2) is 9.19. The van der Waals surface area contributed by atoms with Gasteiger partial charge in [0.2, 0.25) is 0 Å². The van der Waals surface area contributed by atoms with Gasteiger partial charge in [-0.25, -0.2) is 13.6 Å². The normalized spacial score (nSPS) is 20.2. The maximum atomic E-state index is 14.6. The molecule has 3 atom stereocenters. The number of benzene rings is 2. The summed E-state index contributed by atoms with van der Waals surface area (Å²) >= 11 is 0. The highest BCUT2D eigenvalue weighted by Gasteiger charge is 2.24. The van der Waals surface area contributed by atoms with E-state index in [0.29, 0.717) is 30.0 Å². The average molecular weight is 405 g/mol. The van der Waals surface area contributed by atoms with Crippen LogP contribution in [-0.2, 0) is 4.74 Å². The molecule has 29 heavy (non-hydrogen) atoms. The molecule has 1 aliphatic rings. The number of aliphatic hydroxyl groups is 1. The Kier molecular flexibility index (Phi) is 6.66. The van der Waals surface area contributed by atoms with Crippen LogP contribution in [0.25, 0.3) is 0 Å². The fourth-order valence-corrected chi connectivity index (χ4v) is 3.41. The third kappa shape index (κ3) is 5.65. The lowest BCUT2D eigenvalue weighted by Crippen LogP contribution is -2.45. The first-order chi connectivity index (χ1) is 13.8. The van der Waals surface area contributed by atoms with Crippen LogP contribution >= 0.6 is 0 Å². The number of hydrogen-bond donors (Lipinski definition) is 3. The first-order valence-electron chi connectivity index (χ1n) is 9.50. The molecule has 0 aliphatic carbocycles. The van der Waals surface area contributed by atoms with Gasteiger partial charge in [0.1, 0.15) is 11.6 Å². The first-order valence-corrected chi connectivity index (χ1v) is 9.50. The molecule has 0 radical (unpaired) electrons. The summed E-state index contributed by atoms with van der Waals surface area (Å²) in [5, 5.41) is 15.1. The Morgan fingerprint density at radius 2 is 1.93 bits per heavy atom. The van der Waals surface area contributed by atoms with Crippen LogP contribution in [0.4, 0.5) is 25.0 Å². The summed E-state index contributed by atoms with van der Waals surface area (Å²) in [5.41, 5.74) is 1.10. The molecule has 3 rings (SSSR count). The summed E-state index contributed by atoms with van der Waals surface area (Å²) in [6.07, 6.45) is -1.04. The molecule has 2 aromatic rings. The van der Waals surface area contributed by atoms with E-state index >= 15 is 0 Å². The summed E-state index contributed by atoms with van der Waals surface area (Å²) in [6.45, 7) is 4.95. The Morgan fingerprint density at radius 3 is 2.59 bits per heavy atom. The Morgan fingerprint density at radius 1 is 1.21 bits per heavy atom. The molecule has 0 aromatic heterocycles. The largest absolute Gasteiger partial charge is 0.387 e. The first kappa shape index (κ1) is 21.0. The zero-order chi connectivity index (χ0) is 21.0. The maximum Gasteiger partial charge on any atom is 0.319 e. The predicted octanol–water partition coefficient (Wildman–Crippen LogP) is 3.43. The number of urea groups is 1. The van der Waals surface area contributed by atoms with E-state index in [1.54, 1.807) is 18.2 Å². The third-order valence-corrected chi connectivity index (χ3v) is 4.66. The van der Waals surface area contributed by atoms with Gasteiger partial charge in [0.15, 0.2) is 0 Å². The van der Waals surface area contributed by atoms with E-state index < -0.39 is 23.8 Å². The molecule has 1 heterocycles. The van der Waals surface area contributed by atoms with E-state index in [4.69, 9.17) is 4.74 Å². The molecule has 2 amide bonds. The third-order valence-electron chi connectivity index (χ3n) is 4.66. The summed E-state index contributed by atoms with van der Waals surface area (Å²) < 4.78 is 33.5. The average Bonchev–Trinajstić information content (AvgIpc) is 2.65. The van der Waals surface area contributed by atoms with Crippen molar-refractivity contribution >= 4 is 17.4 Å². The second-order valence-corrected chi connectivity index (χ2v) is 7.23. The molecule has 2 aromatic carbocycles. The van der Waals surface area contributed by atoms with E-state index in [2.05, 4.69) is 10.6 Å². The highest BCUT2D eigenvalue weighted by atomic mass is 19.1. The fraction of sp³-hybridized carbons (Fsp3) is 0.381. The lowest BCUT2D eigenvalue weighted by atomic mass is 10.1. The van der Waals surface area contributed by atoms with Crippen LogP contribution in [0.2, 0.25) is 0 Å². The van der Waals surface area contributed by atoms with E-state index in [9.17, 15) is 18.7 Å². The summed E-state index contributed by atoms with van der Waals surface area (Å²) in [4.78, 5) is 14.0. The van der Waals surface area contributed by atoms with Crippen LogP contribution in [-0.4, -0.2) is 43.0 Å². The van der Waals surface area contributed by atoms with Crippen LogP contribution < -0.4 is 15.5 Å². The molecule has 1 fully saturated rings. The van der Waals surface area contributed by atoms with E-state index in [1.807, 2.05) is 18.7 Å². The Hall–Kier alpha value is -2.71. The number of nitrogens with zero attached hydrogens (tertiary/aromatic N) is 1. The van der Waals surface area contributed by atoms with Crippen LogP contribution in [0.1, 0.15) is 25.5 Å². The standard InChI is InChI=1S/C21H25F2N3O3/c1-13-11-26(12-14(2)29-13)19-7-6-17(9-18(19)23)25-21(28)24-10-20(27)15-4-3-5-16(22)8-15/h3-9,13-14,20,27H,10-12H2,1-2H3,(H2,24,25,28)/t13-,14-,20-/m1/s1. The van der Waals surface area contributed by atoms with E-state index in [-0.39, 0.29) is 18.8 Å². The highest BCUT2D eigenvalue weighted by Crippen LogP contribution is 2.26. The summed E-state index contributed by atoms with van der Waals surface area (Å²) in [7, 11) is 0. The number of amides is 2. The molecule has 0 bridgehead atoms. The number of anilines is 2. The Labute approximate surface area is 168 Å². The summed E-state index contributed by atoms with van der Waals surface area (Å²) in [6, 6.07) is 9.41. The fourth-order valence-electron chi connectivity index (χ4n) is 3.41. The molecule has 1 aliphatic heterocycles. The number of rotatable bonds is 5. The number of ether oxygens (including phenoxy) is 1. The van der Waals surface area contributed by atoms with Gasteiger partial charge in [0.25, 0.3) is 0 Å². The molecular formula is C21H25F2N3O3. The SMILES string of the molecule is C[C@@H]1CN(c2ccc(NC(=O)NC[C@@H](O)c3cccc(F)c3)cc2F)C[C@@H](C)O1. The van der Waals surface area contributed by atoms with Gasteiger partial charge in [-0.3, -0.25) is 0 Å². The van der Waals surface area contributed by atoms with Crippen LogP contribution in [0.15, 0.2) is 42.5 Å². The van der Waals surface area contributed by atoms with Gasteiger partial charge in [-0.1, -0.05) is 12.1 Å². The number of carbonyl (C=O) groups is 1. The topological polar surface area (TPSA) is 73.8 Å². The molecular weight excluding hydrogens is 380 g/mol. The van der Waals surface area contributed by atoms with Crippen LogP contribution in [0, 0.1) is 11.6 Å². The van der Waals surface area contributed by atoms with Crippen molar-refractivity contribution in [3.05, 3.63) is 59.7 Å². The lowest BCUT2D eigenvalue weighted by Gasteiger charge is -2.37. The molecule has 0 saturated carbocycles. The molecule has 156 valence electrons. The quantitative estimate of drug-likeness (QED) is 0.713. The Balaban J connectivity index is 1.56. The van der Waals surface area contributed by atoms with Crippen molar-refractivity contribution in [2.45, 2.75) is 32.2 Å². The van der Waals surface area contributed by atoms with Gasteiger partial charge in [-0.05, 0) is 49.7 Å². The molecule has 1 saturated heterocycles. The number of halogens is 2. The van der Waals surface area contributed by atoms with Crippen molar-refractivity contribution in [2.24, 2.45) is 0 Å². The monoisotopic (exact) mass is 405 g/mol. The van der Waals surface area contributed by atoms with Crippen LogP contribution in [0.3, 0.4) is 0 Å². The zero-order valence-corrected chi connectivity index (χ0v) is 16.4. The molecule has 0 spiro atoms. The van der Waals surface area contributed by atoms with Gasteiger partial charge in [0.05, 0.1) is 24.0 Å². The van der Waals surface area contributed by atoms with Crippen LogP contribution in [0.5, 0.6) is 0 Å². The number of aliphatic hydroxyl groups excluding tert-OH is 1. The minimum absolute atomic E-state index is 0.00578. The van der Waals surface area contributed by atoms with Gasteiger partial charge in [-0.15, -0.1) is 0 Å². The molecule has 3 N–H and O–H groups in total. The van der Waals surface area contributed by atoms with Crippen molar-refractivity contribution in [2.75, 3.05) is 29.9 Å². The molecule has 6 nitrogen and oxygen atoms in total. The smallest absolute Gasteiger partial charge is 0.319 e. The minimum atomic E-state index is -1.05. The zero-order valence-electron chi connectivity index (χ0n) is 16.4. The molecule has 0 unspecified atom stereocenters. The van der Waals surface area contributed by atoms with Crippen molar-refractivity contribution in [1.82, 2.24) is 5.32 Å². The van der Waals surface area contributed by atoms with E-state index in [0.717, 1.165) is 0 Å². The van der Waals surface area contributed by atoms with Gasteiger partial charge in [0, 0.05) is 25.3 Å². The van der Waals surface area contributed by atoms with Crippen molar-refractivity contribution in [1.29, 1.82) is 0 Å². The lowest BCUT2D eigenvalue weighted by molar-refractivity contribution is -0.00539. The van der Waals surface area contributed by atoms with Crippen molar-refractivity contribution < 1.29 is 23.4 Å². The minimum Gasteiger partial charge on any atom is -0.387 e. The van der Waals surface area contributed by atoms with Gasteiger partial charge < -0.3 is 25.4 Å². The van der Waals surface area contributed by atoms with Crippen molar-refractivity contribution in [3.8, 4) is 0 Å². The number of morpholine rings is 1. The van der Waals surface area contributed by atoms with Gasteiger partial charge >= 0.3 is 6.03 Å². The van der Waals surface area contributed by atoms with E-state index in [1.165, 1.54) is 24.3 Å². The highest BCUT2D eigenvalue weighted by molar-refractivity contribution is 5.89. The molecule has 8 heteroatoms. The second-order valence-electron chi connectivity index (χ2n) is 7.23. The number of carbonyl (C=O) groups excluding carboxylic acids is 1. The predicted molar refractivity (Wildman–Crippen MR) is 107 cm³/mol. The Bertz CT molecular complexity index is 855. The summed E-state index contributed by atoms with van der Waals surface area (Å²) in [5.74, 6) is -0.908. The maximum absolute atomic E-state index is 14.6.